The molecule has 72 valence electrons. The van der Waals surface area contributed by atoms with E-state index in [4.69, 9.17) is 5.11 Å². The van der Waals surface area contributed by atoms with Gasteiger partial charge in [0.25, 0.3) is 0 Å². The van der Waals surface area contributed by atoms with E-state index in [1.165, 1.54) is 32.4 Å². The molecule has 0 aromatic carbocycles. The molecule has 0 amide bonds. The maximum atomic E-state index is 8.74. The van der Waals surface area contributed by atoms with Crippen molar-refractivity contribution in [3.8, 4) is 0 Å². The molecule has 1 fully saturated rings. The zero-order valence-corrected chi connectivity index (χ0v) is 8.05. The van der Waals surface area contributed by atoms with Gasteiger partial charge < -0.3 is 10.4 Å². The summed E-state index contributed by atoms with van der Waals surface area (Å²) >= 11 is 0. The Hall–Kier alpha value is -0.0800. The highest BCUT2D eigenvalue weighted by Crippen LogP contribution is 2.25. The molecule has 0 radical (unpaired) electrons. The molecule has 1 saturated heterocycles. The first-order valence-corrected chi connectivity index (χ1v) is 5.20. The van der Waals surface area contributed by atoms with E-state index in [9.17, 15) is 0 Å². The van der Waals surface area contributed by atoms with Gasteiger partial charge in [0, 0.05) is 6.61 Å². The molecule has 0 aliphatic carbocycles. The van der Waals surface area contributed by atoms with Gasteiger partial charge in [-0.25, -0.2) is 0 Å². The second-order valence-corrected chi connectivity index (χ2v) is 3.79. The van der Waals surface area contributed by atoms with Crippen molar-refractivity contribution in [3.63, 3.8) is 0 Å². The lowest BCUT2D eigenvalue weighted by Crippen LogP contribution is -2.17. The van der Waals surface area contributed by atoms with Crippen LogP contribution >= 0.6 is 0 Å². The molecular weight excluding hydrogens is 150 g/mol. The lowest BCUT2D eigenvalue weighted by molar-refractivity contribution is 0.247. The zero-order chi connectivity index (χ0) is 8.81. The Labute approximate surface area is 75.4 Å². The fourth-order valence-corrected chi connectivity index (χ4v) is 2.21. The molecule has 2 N–H and O–H groups in total. The fourth-order valence-electron chi connectivity index (χ4n) is 2.21. The van der Waals surface area contributed by atoms with Crippen LogP contribution in [0.2, 0.25) is 0 Å². The first-order valence-electron chi connectivity index (χ1n) is 5.20. The highest BCUT2D eigenvalue weighted by Gasteiger charge is 2.22. The highest BCUT2D eigenvalue weighted by atomic mass is 16.2. The van der Waals surface area contributed by atoms with E-state index < -0.39 is 0 Å². The van der Waals surface area contributed by atoms with Gasteiger partial charge >= 0.3 is 0 Å². The first-order chi connectivity index (χ1) is 5.88. The van der Waals surface area contributed by atoms with Crippen LogP contribution in [0.15, 0.2) is 0 Å². The van der Waals surface area contributed by atoms with E-state index >= 15 is 0 Å². The maximum Gasteiger partial charge on any atom is 0.0431 e. The first kappa shape index (κ1) is 10.0. The smallest absolute Gasteiger partial charge is 0.0431 e. The SMILES string of the molecule is CCC(CCCO)C1CCNC1. The van der Waals surface area contributed by atoms with Crippen LogP contribution in [0.5, 0.6) is 0 Å². The van der Waals surface area contributed by atoms with Crippen LogP contribution in [0.3, 0.4) is 0 Å². The maximum absolute atomic E-state index is 8.74. The Morgan fingerprint density at radius 1 is 1.58 bits per heavy atom. The molecule has 0 aromatic rings. The van der Waals surface area contributed by atoms with Crippen LogP contribution in [-0.2, 0) is 0 Å². The summed E-state index contributed by atoms with van der Waals surface area (Å²) in [5, 5.41) is 12.1. The minimum absolute atomic E-state index is 0.358. The predicted molar refractivity (Wildman–Crippen MR) is 51.1 cm³/mol. The summed E-state index contributed by atoms with van der Waals surface area (Å²) in [6, 6.07) is 0. The van der Waals surface area contributed by atoms with E-state index in [1.807, 2.05) is 0 Å². The van der Waals surface area contributed by atoms with Crippen LogP contribution in [0.4, 0.5) is 0 Å². The van der Waals surface area contributed by atoms with Crippen molar-refractivity contribution >= 4 is 0 Å². The van der Waals surface area contributed by atoms with E-state index in [-0.39, 0.29) is 0 Å². The third-order valence-corrected chi connectivity index (χ3v) is 3.02. The topological polar surface area (TPSA) is 32.3 Å². The number of hydrogen-bond acceptors (Lipinski definition) is 2. The Bertz CT molecular complexity index is 110. The molecule has 2 atom stereocenters. The summed E-state index contributed by atoms with van der Waals surface area (Å²) in [4.78, 5) is 0. The van der Waals surface area contributed by atoms with Gasteiger partial charge in [-0.1, -0.05) is 13.3 Å². The molecule has 0 aromatic heterocycles. The number of rotatable bonds is 5. The van der Waals surface area contributed by atoms with Crippen molar-refractivity contribution in [1.82, 2.24) is 5.32 Å². The molecule has 1 heterocycles. The largest absolute Gasteiger partial charge is 0.396 e. The summed E-state index contributed by atoms with van der Waals surface area (Å²) in [6.45, 7) is 5.02. The molecule has 2 unspecified atom stereocenters. The molecule has 1 rings (SSSR count). The lowest BCUT2D eigenvalue weighted by atomic mass is 9.86. The zero-order valence-electron chi connectivity index (χ0n) is 8.05. The summed E-state index contributed by atoms with van der Waals surface area (Å²) in [5.74, 6) is 1.72. The van der Waals surface area contributed by atoms with E-state index in [0.29, 0.717) is 6.61 Å². The van der Waals surface area contributed by atoms with Gasteiger partial charge in [-0.2, -0.15) is 0 Å². The molecule has 1 aliphatic rings. The van der Waals surface area contributed by atoms with E-state index in [0.717, 1.165) is 18.3 Å². The Kier molecular flexibility index (Phi) is 4.62. The normalized spacial score (nSPS) is 26.0. The van der Waals surface area contributed by atoms with Crippen LogP contribution in [-0.4, -0.2) is 24.8 Å². The number of aliphatic hydroxyl groups excluding tert-OH is 1. The van der Waals surface area contributed by atoms with Crippen molar-refractivity contribution in [2.75, 3.05) is 19.7 Å². The quantitative estimate of drug-likeness (QED) is 0.655. The van der Waals surface area contributed by atoms with Gasteiger partial charge in [0.2, 0.25) is 0 Å². The highest BCUT2D eigenvalue weighted by molar-refractivity contribution is 4.77. The summed E-state index contributed by atoms with van der Waals surface area (Å²) < 4.78 is 0. The minimum atomic E-state index is 0.358. The Morgan fingerprint density at radius 2 is 2.42 bits per heavy atom. The van der Waals surface area contributed by atoms with Crippen molar-refractivity contribution < 1.29 is 5.11 Å². The second kappa shape index (κ2) is 5.55. The van der Waals surface area contributed by atoms with Crippen LogP contribution in [0.25, 0.3) is 0 Å². The van der Waals surface area contributed by atoms with Crippen molar-refractivity contribution in [2.24, 2.45) is 11.8 Å². The van der Waals surface area contributed by atoms with Crippen LogP contribution in [0, 0.1) is 11.8 Å². The van der Waals surface area contributed by atoms with Gasteiger partial charge in [-0.3, -0.25) is 0 Å². The molecule has 2 heteroatoms. The van der Waals surface area contributed by atoms with Gasteiger partial charge in [-0.05, 0) is 44.2 Å². The van der Waals surface area contributed by atoms with Gasteiger partial charge in [0.15, 0.2) is 0 Å². The van der Waals surface area contributed by atoms with Crippen molar-refractivity contribution in [1.29, 1.82) is 0 Å². The molecular formula is C10H21NO. The number of aliphatic hydroxyl groups is 1. The standard InChI is InChI=1S/C10H21NO/c1-2-9(4-3-7-12)10-5-6-11-8-10/h9-12H,2-8H2,1H3. The average Bonchev–Trinajstić information content (AvgIpc) is 2.59. The lowest BCUT2D eigenvalue weighted by Gasteiger charge is -2.20. The van der Waals surface area contributed by atoms with Gasteiger partial charge in [0.1, 0.15) is 0 Å². The third-order valence-electron chi connectivity index (χ3n) is 3.02. The number of hydrogen-bond donors (Lipinski definition) is 2. The fraction of sp³-hybridized carbons (Fsp3) is 1.00. The van der Waals surface area contributed by atoms with Gasteiger partial charge in [-0.15, -0.1) is 0 Å². The Balaban J connectivity index is 2.22. The molecule has 2 nitrogen and oxygen atoms in total. The molecule has 0 saturated carbocycles. The monoisotopic (exact) mass is 171 g/mol. The van der Waals surface area contributed by atoms with E-state index in [2.05, 4.69) is 12.2 Å². The van der Waals surface area contributed by atoms with Crippen LogP contribution in [0.1, 0.15) is 32.6 Å². The average molecular weight is 171 g/mol. The third kappa shape index (κ3) is 2.76. The van der Waals surface area contributed by atoms with Gasteiger partial charge in [0.05, 0.1) is 0 Å². The predicted octanol–water partition coefficient (Wildman–Crippen LogP) is 1.39. The molecule has 12 heavy (non-hydrogen) atoms. The molecule has 0 spiro atoms. The summed E-state index contributed by atoms with van der Waals surface area (Å²) in [7, 11) is 0. The van der Waals surface area contributed by atoms with Crippen LogP contribution < -0.4 is 5.32 Å². The van der Waals surface area contributed by atoms with Crippen molar-refractivity contribution in [2.45, 2.75) is 32.6 Å². The molecule has 1 aliphatic heterocycles. The summed E-state index contributed by atoms with van der Waals surface area (Å²) in [5.41, 5.74) is 0. The Morgan fingerprint density at radius 3 is 2.92 bits per heavy atom. The minimum Gasteiger partial charge on any atom is -0.396 e. The van der Waals surface area contributed by atoms with Crippen molar-refractivity contribution in [3.05, 3.63) is 0 Å². The number of nitrogens with one attached hydrogen (secondary N) is 1. The molecule has 0 bridgehead atoms. The summed E-state index contributed by atoms with van der Waals surface area (Å²) in [6.07, 6.45) is 4.80. The second-order valence-electron chi connectivity index (χ2n) is 3.79. The van der Waals surface area contributed by atoms with E-state index in [1.54, 1.807) is 0 Å².